The SMILES string of the molecule is NNC(=O)Cc1ccc(Cn2cc(Cl)c(=O)[nH]c2=O)cc1. The Bertz CT molecular complexity index is 764. The normalized spacial score (nSPS) is 10.4. The van der Waals surface area contributed by atoms with Gasteiger partial charge in [0.1, 0.15) is 5.02 Å². The highest BCUT2D eigenvalue weighted by Gasteiger charge is 2.04. The van der Waals surface area contributed by atoms with Crippen molar-refractivity contribution in [2.45, 2.75) is 13.0 Å². The van der Waals surface area contributed by atoms with Crippen LogP contribution in [0, 0.1) is 0 Å². The zero-order valence-electron chi connectivity index (χ0n) is 10.9. The van der Waals surface area contributed by atoms with Crippen molar-refractivity contribution in [2.75, 3.05) is 0 Å². The zero-order valence-corrected chi connectivity index (χ0v) is 11.7. The summed E-state index contributed by atoms with van der Waals surface area (Å²) in [5.41, 5.74) is 2.54. The molecule has 0 bridgehead atoms. The van der Waals surface area contributed by atoms with Crippen LogP contribution in [0.3, 0.4) is 0 Å². The number of hydrogen-bond acceptors (Lipinski definition) is 4. The van der Waals surface area contributed by atoms with Crippen LogP contribution in [0.4, 0.5) is 0 Å². The number of carbonyl (C=O) groups excluding carboxylic acids is 1. The van der Waals surface area contributed by atoms with Crippen LogP contribution in [0.1, 0.15) is 11.1 Å². The molecule has 8 heteroatoms. The topological polar surface area (TPSA) is 110 Å². The molecule has 0 aliphatic heterocycles. The van der Waals surface area contributed by atoms with E-state index in [0.29, 0.717) is 0 Å². The van der Waals surface area contributed by atoms with Gasteiger partial charge in [0, 0.05) is 6.20 Å². The van der Waals surface area contributed by atoms with Gasteiger partial charge in [-0.05, 0) is 11.1 Å². The second-order valence-corrected chi connectivity index (χ2v) is 4.83. The number of rotatable bonds is 4. The van der Waals surface area contributed by atoms with E-state index in [2.05, 4.69) is 10.4 Å². The second-order valence-electron chi connectivity index (χ2n) is 4.43. The number of benzene rings is 1. The maximum atomic E-state index is 11.6. The molecule has 1 aromatic carbocycles. The summed E-state index contributed by atoms with van der Waals surface area (Å²) in [6, 6.07) is 7.10. The molecule has 0 saturated heterocycles. The Labute approximate surface area is 124 Å². The average molecular weight is 309 g/mol. The lowest BCUT2D eigenvalue weighted by atomic mass is 10.1. The number of nitrogens with two attached hydrogens (primary N) is 1. The van der Waals surface area contributed by atoms with E-state index < -0.39 is 11.2 Å². The van der Waals surface area contributed by atoms with Crippen LogP contribution in [0.2, 0.25) is 5.02 Å². The van der Waals surface area contributed by atoms with Crippen LogP contribution in [0.25, 0.3) is 0 Å². The van der Waals surface area contributed by atoms with Crippen molar-refractivity contribution in [1.82, 2.24) is 15.0 Å². The minimum atomic E-state index is -0.610. The van der Waals surface area contributed by atoms with Crippen molar-refractivity contribution in [3.63, 3.8) is 0 Å². The molecule has 110 valence electrons. The molecule has 1 heterocycles. The summed E-state index contributed by atoms with van der Waals surface area (Å²) in [5.74, 6) is 4.73. The Balaban J connectivity index is 2.17. The van der Waals surface area contributed by atoms with Crippen LogP contribution < -0.4 is 22.5 Å². The zero-order chi connectivity index (χ0) is 15.4. The number of aromatic amines is 1. The van der Waals surface area contributed by atoms with E-state index in [4.69, 9.17) is 17.4 Å². The fourth-order valence-electron chi connectivity index (χ4n) is 1.80. The van der Waals surface area contributed by atoms with E-state index in [9.17, 15) is 14.4 Å². The van der Waals surface area contributed by atoms with Gasteiger partial charge in [-0.15, -0.1) is 0 Å². The summed E-state index contributed by atoms with van der Waals surface area (Å²) in [7, 11) is 0. The van der Waals surface area contributed by atoms with Gasteiger partial charge in [0.2, 0.25) is 5.91 Å². The number of nitrogens with one attached hydrogen (secondary N) is 2. The summed E-state index contributed by atoms with van der Waals surface area (Å²) in [5, 5.41) is -0.0502. The molecule has 0 fully saturated rings. The van der Waals surface area contributed by atoms with Crippen LogP contribution >= 0.6 is 11.6 Å². The Morgan fingerprint density at radius 2 is 1.86 bits per heavy atom. The fourth-order valence-corrected chi connectivity index (χ4v) is 1.96. The number of hydrazine groups is 1. The molecule has 0 unspecified atom stereocenters. The predicted octanol–water partition coefficient (Wildman–Crippen LogP) is -0.229. The van der Waals surface area contributed by atoms with Crippen LogP contribution in [-0.2, 0) is 17.8 Å². The minimum Gasteiger partial charge on any atom is -0.295 e. The Hall–Kier alpha value is -2.38. The molecule has 21 heavy (non-hydrogen) atoms. The molecule has 0 saturated carbocycles. The van der Waals surface area contributed by atoms with E-state index >= 15 is 0 Å². The second kappa shape index (κ2) is 6.38. The number of aromatic nitrogens is 2. The van der Waals surface area contributed by atoms with Crippen molar-refractivity contribution < 1.29 is 4.79 Å². The van der Waals surface area contributed by atoms with Crippen molar-refractivity contribution in [1.29, 1.82) is 0 Å². The van der Waals surface area contributed by atoms with Crippen molar-refractivity contribution in [2.24, 2.45) is 5.84 Å². The van der Waals surface area contributed by atoms with Crippen LogP contribution in [-0.4, -0.2) is 15.5 Å². The highest BCUT2D eigenvalue weighted by atomic mass is 35.5. The molecule has 0 aliphatic rings. The first kappa shape index (κ1) is 15.0. The smallest absolute Gasteiger partial charge is 0.295 e. The van der Waals surface area contributed by atoms with E-state index in [0.717, 1.165) is 11.1 Å². The first-order chi connectivity index (χ1) is 9.99. The van der Waals surface area contributed by atoms with Gasteiger partial charge in [-0.3, -0.25) is 24.6 Å². The summed E-state index contributed by atoms with van der Waals surface area (Å²) in [6.07, 6.45) is 1.47. The third-order valence-electron chi connectivity index (χ3n) is 2.87. The van der Waals surface area contributed by atoms with Crippen molar-refractivity contribution in [3.05, 3.63) is 67.4 Å². The monoisotopic (exact) mass is 308 g/mol. The summed E-state index contributed by atoms with van der Waals surface area (Å²) >= 11 is 5.69. The van der Waals surface area contributed by atoms with Crippen molar-refractivity contribution in [3.8, 4) is 0 Å². The van der Waals surface area contributed by atoms with Crippen LogP contribution in [0.15, 0.2) is 40.1 Å². The van der Waals surface area contributed by atoms with E-state index in [1.165, 1.54) is 10.8 Å². The number of carbonyl (C=O) groups is 1. The molecule has 0 aliphatic carbocycles. The van der Waals surface area contributed by atoms with Gasteiger partial charge in [-0.25, -0.2) is 10.6 Å². The summed E-state index contributed by atoms with van der Waals surface area (Å²) in [4.78, 5) is 36.1. The Kier molecular flexibility index (Phi) is 4.56. The molecule has 7 nitrogen and oxygen atoms in total. The summed E-state index contributed by atoms with van der Waals surface area (Å²) < 4.78 is 1.30. The minimum absolute atomic E-state index is 0.0502. The number of H-pyrrole nitrogens is 1. The van der Waals surface area contributed by atoms with Gasteiger partial charge in [0.05, 0.1) is 13.0 Å². The Morgan fingerprint density at radius 1 is 1.24 bits per heavy atom. The molecule has 1 amide bonds. The molecule has 0 radical (unpaired) electrons. The molecule has 4 N–H and O–H groups in total. The van der Waals surface area contributed by atoms with Gasteiger partial charge in [-0.2, -0.15) is 0 Å². The molecule has 1 aromatic heterocycles. The molecular weight excluding hydrogens is 296 g/mol. The lowest BCUT2D eigenvalue weighted by Crippen LogP contribution is -2.31. The van der Waals surface area contributed by atoms with Gasteiger partial charge in [-0.1, -0.05) is 35.9 Å². The number of halogens is 1. The van der Waals surface area contributed by atoms with E-state index in [1.807, 2.05) is 0 Å². The number of amides is 1. The third-order valence-corrected chi connectivity index (χ3v) is 3.14. The largest absolute Gasteiger partial charge is 0.328 e. The Morgan fingerprint density at radius 3 is 2.48 bits per heavy atom. The maximum absolute atomic E-state index is 11.6. The highest BCUT2D eigenvalue weighted by molar-refractivity contribution is 6.30. The first-order valence-corrected chi connectivity index (χ1v) is 6.44. The molecule has 0 spiro atoms. The van der Waals surface area contributed by atoms with Gasteiger partial charge < -0.3 is 0 Å². The third kappa shape index (κ3) is 3.80. The average Bonchev–Trinajstić information content (AvgIpc) is 2.46. The number of hydrogen-bond donors (Lipinski definition) is 3. The molecule has 0 atom stereocenters. The van der Waals surface area contributed by atoms with E-state index in [-0.39, 0.29) is 23.9 Å². The predicted molar refractivity (Wildman–Crippen MR) is 77.9 cm³/mol. The van der Waals surface area contributed by atoms with Gasteiger partial charge in [0.25, 0.3) is 5.56 Å². The van der Waals surface area contributed by atoms with Crippen LogP contribution in [0.5, 0.6) is 0 Å². The lowest BCUT2D eigenvalue weighted by molar-refractivity contribution is -0.120. The molecule has 2 aromatic rings. The highest BCUT2D eigenvalue weighted by Crippen LogP contribution is 2.07. The molecular formula is C13H13ClN4O3. The lowest BCUT2D eigenvalue weighted by Gasteiger charge is -2.07. The quantitative estimate of drug-likeness (QED) is 0.412. The van der Waals surface area contributed by atoms with Gasteiger partial charge in [0.15, 0.2) is 0 Å². The molecule has 2 rings (SSSR count). The standard InChI is InChI=1S/C13H13ClN4O3/c14-10-7-18(13(21)16-12(10)20)6-9-3-1-8(2-4-9)5-11(19)17-15/h1-4,7H,5-6,15H2,(H,17,19)(H,16,20,21). The maximum Gasteiger partial charge on any atom is 0.328 e. The number of nitrogens with zero attached hydrogens (tertiary/aromatic N) is 1. The van der Waals surface area contributed by atoms with Crippen molar-refractivity contribution >= 4 is 17.5 Å². The van der Waals surface area contributed by atoms with E-state index in [1.54, 1.807) is 24.3 Å². The van der Waals surface area contributed by atoms with Gasteiger partial charge >= 0.3 is 5.69 Å². The fraction of sp³-hybridized carbons (Fsp3) is 0.154. The first-order valence-electron chi connectivity index (χ1n) is 6.06. The summed E-state index contributed by atoms with van der Waals surface area (Å²) in [6.45, 7) is 0.263.